The molecule has 1 aromatic rings. The minimum absolute atomic E-state index is 0.0340. The number of aldehydes is 1. The standard InChI is InChI=1S/C23H35NO3/c1-5-6-7-8-9-16-24(22(26)27-23(2,3)4)21(20-14-15-20)19-12-10-18(17-25)11-13-19/h10-13,17,20-21H,5-9,14-16H2,1-4H3. The molecule has 1 amide bonds. The van der Waals surface area contributed by atoms with Crippen molar-refractivity contribution in [3.05, 3.63) is 35.4 Å². The summed E-state index contributed by atoms with van der Waals surface area (Å²) >= 11 is 0. The van der Waals surface area contributed by atoms with Crippen LogP contribution in [0.2, 0.25) is 0 Å². The topological polar surface area (TPSA) is 46.6 Å². The molecule has 27 heavy (non-hydrogen) atoms. The van der Waals surface area contributed by atoms with Crippen molar-refractivity contribution in [2.75, 3.05) is 6.54 Å². The van der Waals surface area contributed by atoms with Crippen molar-refractivity contribution >= 4 is 12.4 Å². The molecule has 1 aliphatic rings. The Bertz CT molecular complexity index is 599. The van der Waals surface area contributed by atoms with E-state index in [1.807, 2.05) is 49.9 Å². The van der Waals surface area contributed by atoms with E-state index in [4.69, 9.17) is 4.74 Å². The van der Waals surface area contributed by atoms with Gasteiger partial charge in [-0.05, 0) is 51.5 Å². The van der Waals surface area contributed by atoms with E-state index in [1.165, 1.54) is 19.3 Å². The summed E-state index contributed by atoms with van der Waals surface area (Å²) in [4.78, 5) is 25.9. The van der Waals surface area contributed by atoms with Gasteiger partial charge in [-0.1, -0.05) is 56.9 Å². The van der Waals surface area contributed by atoms with Crippen LogP contribution in [0.25, 0.3) is 0 Å². The molecule has 2 rings (SSSR count). The summed E-state index contributed by atoms with van der Waals surface area (Å²) < 4.78 is 5.73. The average molecular weight is 374 g/mol. The molecular formula is C23H35NO3. The number of ether oxygens (including phenoxy) is 1. The highest BCUT2D eigenvalue weighted by Gasteiger charge is 2.39. The molecule has 0 spiro atoms. The molecule has 0 aliphatic heterocycles. The Morgan fingerprint density at radius 3 is 2.30 bits per heavy atom. The largest absolute Gasteiger partial charge is 0.444 e. The van der Waals surface area contributed by atoms with Gasteiger partial charge in [0.15, 0.2) is 0 Å². The number of unbranched alkanes of at least 4 members (excludes halogenated alkanes) is 4. The Hall–Kier alpha value is -1.84. The predicted molar refractivity (Wildman–Crippen MR) is 109 cm³/mol. The van der Waals surface area contributed by atoms with Gasteiger partial charge in [0.1, 0.15) is 11.9 Å². The number of carbonyl (C=O) groups excluding carboxylic acids is 2. The van der Waals surface area contributed by atoms with Crippen LogP contribution in [0.4, 0.5) is 4.79 Å². The van der Waals surface area contributed by atoms with Crippen LogP contribution in [0.1, 0.15) is 94.6 Å². The first-order valence-corrected chi connectivity index (χ1v) is 10.4. The lowest BCUT2D eigenvalue weighted by molar-refractivity contribution is 0.0128. The molecule has 4 nitrogen and oxygen atoms in total. The van der Waals surface area contributed by atoms with Gasteiger partial charge in [0.2, 0.25) is 0 Å². The van der Waals surface area contributed by atoms with Crippen molar-refractivity contribution in [3.8, 4) is 0 Å². The van der Waals surface area contributed by atoms with E-state index >= 15 is 0 Å². The highest BCUT2D eigenvalue weighted by molar-refractivity contribution is 5.74. The quantitative estimate of drug-likeness (QED) is 0.364. The summed E-state index contributed by atoms with van der Waals surface area (Å²) in [5.74, 6) is 0.482. The fourth-order valence-electron chi connectivity index (χ4n) is 3.44. The van der Waals surface area contributed by atoms with Gasteiger partial charge >= 0.3 is 6.09 Å². The summed E-state index contributed by atoms with van der Waals surface area (Å²) in [7, 11) is 0. The first kappa shape index (κ1) is 21.5. The molecule has 0 saturated heterocycles. The van der Waals surface area contributed by atoms with Gasteiger partial charge in [-0.25, -0.2) is 4.79 Å². The molecule has 4 heteroatoms. The molecule has 0 radical (unpaired) electrons. The van der Waals surface area contributed by atoms with Crippen LogP contribution in [-0.4, -0.2) is 29.4 Å². The summed E-state index contributed by atoms with van der Waals surface area (Å²) in [6, 6.07) is 7.69. The lowest BCUT2D eigenvalue weighted by Crippen LogP contribution is -2.40. The Kier molecular flexibility index (Phi) is 7.88. The highest BCUT2D eigenvalue weighted by atomic mass is 16.6. The second-order valence-electron chi connectivity index (χ2n) is 8.65. The number of hydrogen-bond donors (Lipinski definition) is 0. The van der Waals surface area contributed by atoms with Crippen LogP contribution in [0.15, 0.2) is 24.3 Å². The Morgan fingerprint density at radius 2 is 1.78 bits per heavy atom. The van der Waals surface area contributed by atoms with Crippen LogP contribution >= 0.6 is 0 Å². The lowest BCUT2D eigenvalue weighted by Gasteiger charge is -2.34. The normalized spacial score (nSPS) is 15.3. The van der Waals surface area contributed by atoms with Gasteiger partial charge in [0.05, 0.1) is 6.04 Å². The van der Waals surface area contributed by atoms with Crippen LogP contribution in [0, 0.1) is 5.92 Å². The van der Waals surface area contributed by atoms with Crippen molar-refractivity contribution in [2.45, 2.75) is 84.3 Å². The van der Waals surface area contributed by atoms with Crippen molar-refractivity contribution < 1.29 is 14.3 Å². The number of amides is 1. The van der Waals surface area contributed by atoms with Gasteiger partial charge in [-0.15, -0.1) is 0 Å². The maximum absolute atomic E-state index is 13.0. The second-order valence-corrected chi connectivity index (χ2v) is 8.65. The number of carbonyl (C=O) groups is 2. The van der Waals surface area contributed by atoms with Crippen LogP contribution in [0.3, 0.4) is 0 Å². The Morgan fingerprint density at radius 1 is 1.15 bits per heavy atom. The van der Waals surface area contributed by atoms with Gasteiger partial charge in [0.25, 0.3) is 0 Å². The summed E-state index contributed by atoms with van der Waals surface area (Å²) in [6.07, 6.45) is 8.69. The van der Waals surface area contributed by atoms with Crippen molar-refractivity contribution in [1.29, 1.82) is 0 Å². The van der Waals surface area contributed by atoms with Crippen LogP contribution in [0.5, 0.6) is 0 Å². The van der Waals surface area contributed by atoms with E-state index in [0.29, 0.717) is 11.5 Å². The zero-order valence-electron chi connectivity index (χ0n) is 17.4. The minimum Gasteiger partial charge on any atom is -0.444 e. The van der Waals surface area contributed by atoms with E-state index in [-0.39, 0.29) is 12.1 Å². The molecule has 0 heterocycles. The van der Waals surface area contributed by atoms with Crippen molar-refractivity contribution in [3.63, 3.8) is 0 Å². The maximum Gasteiger partial charge on any atom is 0.410 e. The van der Waals surface area contributed by atoms with E-state index in [9.17, 15) is 9.59 Å². The number of hydrogen-bond acceptors (Lipinski definition) is 3. The van der Waals surface area contributed by atoms with Crippen molar-refractivity contribution in [1.82, 2.24) is 4.90 Å². The lowest BCUT2D eigenvalue weighted by atomic mass is 9.99. The maximum atomic E-state index is 13.0. The first-order chi connectivity index (χ1) is 12.9. The summed E-state index contributed by atoms with van der Waals surface area (Å²) in [6.45, 7) is 8.66. The van der Waals surface area contributed by atoms with E-state index in [2.05, 4.69) is 6.92 Å². The number of rotatable bonds is 10. The monoisotopic (exact) mass is 373 g/mol. The first-order valence-electron chi connectivity index (χ1n) is 10.4. The molecule has 1 aliphatic carbocycles. The number of benzene rings is 1. The van der Waals surface area contributed by atoms with Crippen LogP contribution in [-0.2, 0) is 4.74 Å². The Balaban J connectivity index is 2.17. The fraction of sp³-hybridized carbons (Fsp3) is 0.652. The van der Waals surface area contributed by atoms with Gasteiger partial charge in [-0.3, -0.25) is 4.79 Å². The van der Waals surface area contributed by atoms with E-state index < -0.39 is 5.60 Å². The minimum atomic E-state index is -0.507. The molecule has 0 N–H and O–H groups in total. The zero-order chi connectivity index (χ0) is 19.9. The van der Waals surface area contributed by atoms with E-state index in [1.54, 1.807) is 0 Å². The second kappa shape index (κ2) is 9.91. The van der Waals surface area contributed by atoms with Gasteiger partial charge < -0.3 is 9.64 Å². The molecular weight excluding hydrogens is 338 g/mol. The number of nitrogens with zero attached hydrogens (tertiary/aromatic N) is 1. The molecule has 1 saturated carbocycles. The third-order valence-corrected chi connectivity index (χ3v) is 4.95. The third kappa shape index (κ3) is 7.00. The van der Waals surface area contributed by atoms with E-state index in [0.717, 1.165) is 44.1 Å². The molecule has 1 unspecified atom stereocenters. The van der Waals surface area contributed by atoms with Crippen LogP contribution < -0.4 is 0 Å². The average Bonchev–Trinajstić information content (AvgIpc) is 3.44. The summed E-state index contributed by atoms with van der Waals surface area (Å²) in [5.41, 5.74) is 1.26. The molecule has 0 aromatic heterocycles. The SMILES string of the molecule is CCCCCCCN(C(=O)OC(C)(C)C)C(c1ccc(C=O)cc1)C1CC1. The molecule has 1 fully saturated rings. The smallest absolute Gasteiger partial charge is 0.410 e. The van der Waals surface area contributed by atoms with Crippen molar-refractivity contribution in [2.24, 2.45) is 5.92 Å². The van der Waals surface area contributed by atoms with Gasteiger partial charge in [-0.2, -0.15) is 0 Å². The zero-order valence-corrected chi connectivity index (χ0v) is 17.4. The predicted octanol–water partition coefficient (Wildman–Crippen LogP) is 6.16. The molecule has 150 valence electrons. The molecule has 1 aromatic carbocycles. The molecule has 0 bridgehead atoms. The molecule has 1 atom stereocenters. The summed E-state index contributed by atoms with van der Waals surface area (Å²) in [5, 5.41) is 0. The fourth-order valence-corrected chi connectivity index (χ4v) is 3.44. The highest BCUT2D eigenvalue weighted by Crippen LogP contribution is 2.45. The Labute approximate surface area is 164 Å². The third-order valence-electron chi connectivity index (χ3n) is 4.95. The van der Waals surface area contributed by atoms with Gasteiger partial charge in [0, 0.05) is 12.1 Å².